The Hall–Kier alpha value is -1.30. The van der Waals surface area contributed by atoms with Crippen molar-refractivity contribution in [3.8, 4) is 0 Å². The highest BCUT2D eigenvalue weighted by Crippen LogP contribution is 2.21. The first-order chi connectivity index (χ1) is 9.20. The average Bonchev–Trinajstić information content (AvgIpc) is 2.32. The zero-order valence-electron chi connectivity index (χ0n) is 13.3. The molecule has 6 heteroatoms. The molecule has 1 unspecified atom stereocenters. The average molecular weight is 287 g/mol. The van der Waals surface area contributed by atoms with Gasteiger partial charge in [-0.25, -0.2) is 4.79 Å². The maximum Gasteiger partial charge on any atom is 0.315 e. The lowest BCUT2D eigenvalue weighted by atomic mass is 9.85. The van der Waals surface area contributed by atoms with Gasteiger partial charge in [-0.3, -0.25) is 4.79 Å². The summed E-state index contributed by atoms with van der Waals surface area (Å²) in [5.41, 5.74) is -0.297. The topological polar surface area (TPSA) is 81.7 Å². The zero-order valence-corrected chi connectivity index (χ0v) is 13.3. The number of hydrogen-bond acceptors (Lipinski definition) is 3. The van der Waals surface area contributed by atoms with E-state index >= 15 is 0 Å². The van der Waals surface area contributed by atoms with E-state index < -0.39 is 12.0 Å². The highest BCUT2D eigenvalue weighted by Gasteiger charge is 2.28. The van der Waals surface area contributed by atoms with Crippen LogP contribution in [0.15, 0.2) is 0 Å². The molecule has 0 aliphatic rings. The van der Waals surface area contributed by atoms with Gasteiger partial charge in [0.2, 0.25) is 0 Å². The standard InChI is InChI=1S/C14H29N3O3/c1-6-17(7-2)9-8-15-13(20)16-11(10-12(18)19)14(3,4)5/h11H,6-10H2,1-5H3,(H,18,19)(H2,15,16,20). The number of aliphatic carboxylic acids is 1. The Bertz CT molecular complexity index is 309. The van der Waals surface area contributed by atoms with Crippen LogP contribution in [0.5, 0.6) is 0 Å². The third kappa shape index (κ3) is 7.99. The van der Waals surface area contributed by atoms with Crippen molar-refractivity contribution in [3.05, 3.63) is 0 Å². The Labute approximate surface area is 121 Å². The van der Waals surface area contributed by atoms with Gasteiger partial charge >= 0.3 is 12.0 Å². The van der Waals surface area contributed by atoms with Crippen molar-refractivity contribution >= 4 is 12.0 Å². The van der Waals surface area contributed by atoms with Gasteiger partial charge < -0.3 is 20.6 Å². The molecule has 0 aromatic rings. The summed E-state index contributed by atoms with van der Waals surface area (Å²) in [7, 11) is 0. The predicted molar refractivity (Wildman–Crippen MR) is 79.8 cm³/mol. The molecule has 0 saturated carbocycles. The van der Waals surface area contributed by atoms with Crippen molar-refractivity contribution in [1.82, 2.24) is 15.5 Å². The van der Waals surface area contributed by atoms with Gasteiger partial charge in [-0.15, -0.1) is 0 Å². The van der Waals surface area contributed by atoms with E-state index in [4.69, 9.17) is 5.11 Å². The zero-order chi connectivity index (χ0) is 15.8. The molecule has 0 aliphatic heterocycles. The first-order valence-electron chi connectivity index (χ1n) is 7.19. The van der Waals surface area contributed by atoms with Crippen LogP contribution in [0.2, 0.25) is 0 Å². The van der Waals surface area contributed by atoms with Crippen molar-refractivity contribution in [3.63, 3.8) is 0 Å². The van der Waals surface area contributed by atoms with Crippen LogP contribution >= 0.6 is 0 Å². The minimum atomic E-state index is -0.909. The number of urea groups is 1. The third-order valence-electron chi connectivity index (χ3n) is 3.34. The lowest BCUT2D eigenvalue weighted by molar-refractivity contribution is -0.138. The van der Waals surface area contributed by atoms with E-state index in [-0.39, 0.29) is 17.9 Å². The van der Waals surface area contributed by atoms with Crippen molar-refractivity contribution in [2.45, 2.75) is 47.1 Å². The van der Waals surface area contributed by atoms with Crippen molar-refractivity contribution in [2.24, 2.45) is 5.41 Å². The molecule has 6 nitrogen and oxygen atoms in total. The molecule has 2 amide bonds. The summed E-state index contributed by atoms with van der Waals surface area (Å²) in [6.07, 6.45) is -0.0764. The maximum atomic E-state index is 11.8. The summed E-state index contributed by atoms with van der Waals surface area (Å²) in [5, 5.41) is 14.4. The molecule has 0 rings (SSSR count). The van der Waals surface area contributed by atoms with Crippen molar-refractivity contribution in [2.75, 3.05) is 26.2 Å². The van der Waals surface area contributed by atoms with E-state index in [9.17, 15) is 9.59 Å². The monoisotopic (exact) mass is 287 g/mol. The second-order valence-electron chi connectivity index (χ2n) is 5.94. The van der Waals surface area contributed by atoms with Crippen LogP contribution in [-0.2, 0) is 4.79 Å². The van der Waals surface area contributed by atoms with Gasteiger partial charge in [-0.1, -0.05) is 34.6 Å². The Morgan fingerprint density at radius 2 is 1.75 bits per heavy atom. The Kier molecular flexibility index (Phi) is 8.22. The second kappa shape index (κ2) is 8.79. The second-order valence-corrected chi connectivity index (χ2v) is 5.94. The molecule has 1 atom stereocenters. The van der Waals surface area contributed by atoms with E-state index in [2.05, 4.69) is 29.4 Å². The molecule has 118 valence electrons. The summed E-state index contributed by atoms with van der Waals surface area (Å²) in [6.45, 7) is 13.1. The smallest absolute Gasteiger partial charge is 0.315 e. The number of nitrogens with zero attached hydrogens (tertiary/aromatic N) is 1. The maximum absolute atomic E-state index is 11.8. The number of rotatable bonds is 8. The number of amides is 2. The number of carbonyl (C=O) groups is 2. The van der Waals surface area contributed by atoms with E-state index in [0.29, 0.717) is 6.54 Å². The summed E-state index contributed by atoms with van der Waals surface area (Å²) in [6, 6.07) is -0.702. The molecule has 0 spiro atoms. The highest BCUT2D eigenvalue weighted by atomic mass is 16.4. The minimum Gasteiger partial charge on any atom is -0.481 e. The van der Waals surface area contributed by atoms with Gasteiger partial charge in [0.05, 0.1) is 6.42 Å². The molecular weight excluding hydrogens is 258 g/mol. The molecule has 0 bridgehead atoms. The molecule has 0 radical (unpaired) electrons. The largest absolute Gasteiger partial charge is 0.481 e. The number of likely N-dealkylation sites (N-methyl/N-ethyl adjacent to an activating group) is 1. The van der Waals surface area contributed by atoms with Gasteiger partial charge in [0, 0.05) is 19.1 Å². The van der Waals surface area contributed by atoms with Crippen LogP contribution in [-0.4, -0.2) is 54.2 Å². The molecule has 0 fully saturated rings. The number of carbonyl (C=O) groups excluding carboxylic acids is 1. The highest BCUT2D eigenvalue weighted by molar-refractivity contribution is 5.75. The van der Waals surface area contributed by atoms with E-state index in [0.717, 1.165) is 19.6 Å². The third-order valence-corrected chi connectivity index (χ3v) is 3.34. The van der Waals surface area contributed by atoms with E-state index in [1.165, 1.54) is 0 Å². The van der Waals surface area contributed by atoms with Crippen LogP contribution in [0.3, 0.4) is 0 Å². The first kappa shape index (κ1) is 18.7. The van der Waals surface area contributed by atoms with Gasteiger partial charge in [0.1, 0.15) is 0 Å². The van der Waals surface area contributed by atoms with Crippen LogP contribution in [0.4, 0.5) is 4.79 Å². The van der Waals surface area contributed by atoms with Crippen molar-refractivity contribution in [1.29, 1.82) is 0 Å². The van der Waals surface area contributed by atoms with E-state index in [1.54, 1.807) is 0 Å². The van der Waals surface area contributed by atoms with Gasteiger partial charge in [0.25, 0.3) is 0 Å². The number of carboxylic acids is 1. The number of hydrogen-bond donors (Lipinski definition) is 3. The fourth-order valence-electron chi connectivity index (χ4n) is 1.83. The summed E-state index contributed by atoms with van der Waals surface area (Å²) >= 11 is 0. The summed E-state index contributed by atoms with van der Waals surface area (Å²) < 4.78 is 0. The quantitative estimate of drug-likeness (QED) is 0.632. The Morgan fingerprint density at radius 3 is 2.15 bits per heavy atom. The molecule has 3 N–H and O–H groups in total. The fourth-order valence-corrected chi connectivity index (χ4v) is 1.83. The fraction of sp³-hybridized carbons (Fsp3) is 0.857. The SMILES string of the molecule is CCN(CC)CCNC(=O)NC(CC(=O)O)C(C)(C)C. The molecule has 0 heterocycles. The number of nitrogens with one attached hydrogen (secondary N) is 2. The molecule has 0 saturated heterocycles. The molecule has 20 heavy (non-hydrogen) atoms. The lowest BCUT2D eigenvalue weighted by Crippen LogP contribution is -2.50. The first-order valence-corrected chi connectivity index (χ1v) is 7.19. The summed E-state index contributed by atoms with van der Waals surface area (Å²) in [4.78, 5) is 24.9. The predicted octanol–water partition coefficient (Wildman–Crippen LogP) is 1.52. The van der Waals surface area contributed by atoms with Crippen LogP contribution < -0.4 is 10.6 Å². The molecule has 0 aromatic heterocycles. The Morgan fingerprint density at radius 1 is 1.20 bits per heavy atom. The minimum absolute atomic E-state index is 0.0764. The van der Waals surface area contributed by atoms with Crippen LogP contribution in [0, 0.1) is 5.41 Å². The van der Waals surface area contributed by atoms with Crippen LogP contribution in [0.1, 0.15) is 41.0 Å². The Balaban J connectivity index is 4.23. The van der Waals surface area contributed by atoms with Crippen molar-refractivity contribution < 1.29 is 14.7 Å². The molecule has 0 aliphatic carbocycles. The van der Waals surface area contributed by atoms with Gasteiger partial charge in [0.15, 0.2) is 0 Å². The molecular formula is C14H29N3O3. The lowest BCUT2D eigenvalue weighted by Gasteiger charge is -2.30. The normalized spacial score (nSPS) is 13.1. The molecule has 0 aromatic carbocycles. The van der Waals surface area contributed by atoms with Crippen LogP contribution in [0.25, 0.3) is 0 Å². The van der Waals surface area contributed by atoms with Gasteiger partial charge in [-0.05, 0) is 18.5 Å². The van der Waals surface area contributed by atoms with E-state index in [1.807, 2.05) is 20.8 Å². The number of carboxylic acid groups (broad SMARTS) is 1. The van der Waals surface area contributed by atoms with Gasteiger partial charge in [-0.2, -0.15) is 0 Å². The summed E-state index contributed by atoms with van der Waals surface area (Å²) in [5.74, 6) is -0.909.